The topological polar surface area (TPSA) is 69.3 Å². The van der Waals surface area contributed by atoms with Crippen LogP contribution in [0.25, 0.3) is 0 Å². The standard InChI is InChI=1S/C19H28N4O2/c1-2-4-17-16(9-20-21-17)19(25)23-11-13-7-8-15(23)12-22(10-13)18(24)14-5-3-6-14/h9,13-15H,2-8,10-12H2,1H3,(H,20,21)/t13-,15+/m0/s1. The van der Waals surface area contributed by atoms with E-state index < -0.39 is 0 Å². The largest absolute Gasteiger partial charge is 0.340 e. The number of carbonyl (C=O) groups excluding carboxylic acids is 2. The molecule has 3 aliphatic heterocycles. The van der Waals surface area contributed by atoms with Crippen molar-refractivity contribution in [1.29, 1.82) is 0 Å². The average molecular weight is 344 g/mol. The molecule has 4 heterocycles. The Kier molecular flexibility index (Phi) is 4.52. The number of aromatic amines is 1. The van der Waals surface area contributed by atoms with Gasteiger partial charge in [0, 0.05) is 37.3 Å². The van der Waals surface area contributed by atoms with Crippen LogP contribution >= 0.6 is 0 Å². The normalized spacial score (nSPS) is 26.4. The molecule has 0 radical (unpaired) electrons. The number of fused-ring (bicyclic) bond motifs is 4. The maximum atomic E-state index is 13.1. The first-order chi connectivity index (χ1) is 12.2. The number of amides is 2. The first kappa shape index (κ1) is 16.6. The third-order valence-corrected chi connectivity index (χ3v) is 6.19. The Hall–Kier alpha value is -1.85. The number of aromatic nitrogens is 2. The molecule has 0 spiro atoms. The molecule has 2 atom stereocenters. The fourth-order valence-electron chi connectivity index (χ4n) is 4.52. The number of nitrogens with zero attached hydrogens (tertiary/aromatic N) is 3. The maximum Gasteiger partial charge on any atom is 0.257 e. The fourth-order valence-corrected chi connectivity index (χ4v) is 4.52. The number of piperidine rings is 1. The molecule has 1 aromatic heterocycles. The average Bonchev–Trinajstić information content (AvgIpc) is 2.82. The molecule has 1 aliphatic carbocycles. The molecular formula is C19H28N4O2. The highest BCUT2D eigenvalue weighted by Crippen LogP contribution is 2.33. The van der Waals surface area contributed by atoms with Crippen molar-refractivity contribution in [3.8, 4) is 0 Å². The summed E-state index contributed by atoms with van der Waals surface area (Å²) in [6, 6.07) is 0.152. The van der Waals surface area contributed by atoms with Crippen LogP contribution in [0.1, 0.15) is 61.5 Å². The van der Waals surface area contributed by atoms with Gasteiger partial charge in [0.15, 0.2) is 0 Å². The van der Waals surface area contributed by atoms with Crippen molar-refractivity contribution in [2.75, 3.05) is 19.6 Å². The predicted molar refractivity (Wildman–Crippen MR) is 94.1 cm³/mol. The monoisotopic (exact) mass is 344 g/mol. The van der Waals surface area contributed by atoms with E-state index in [0.29, 0.717) is 23.9 Å². The summed E-state index contributed by atoms with van der Waals surface area (Å²) in [4.78, 5) is 29.9. The van der Waals surface area contributed by atoms with E-state index in [4.69, 9.17) is 0 Å². The Bertz CT molecular complexity index is 652. The van der Waals surface area contributed by atoms with Gasteiger partial charge in [-0.2, -0.15) is 5.10 Å². The highest BCUT2D eigenvalue weighted by molar-refractivity contribution is 5.95. The molecule has 4 aliphatic rings. The lowest BCUT2D eigenvalue weighted by atomic mass is 9.84. The molecule has 0 aromatic carbocycles. The number of carbonyl (C=O) groups is 2. The zero-order valence-corrected chi connectivity index (χ0v) is 15.0. The second kappa shape index (κ2) is 6.81. The van der Waals surface area contributed by atoms with Crippen LogP contribution in [0.3, 0.4) is 0 Å². The molecule has 1 N–H and O–H groups in total. The van der Waals surface area contributed by atoms with Crippen molar-refractivity contribution in [2.45, 2.75) is 57.9 Å². The Morgan fingerprint density at radius 3 is 2.76 bits per heavy atom. The molecule has 1 saturated carbocycles. The lowest BCUT2D eigenvalue weighted by Gasteiger charge is -2.36. The Morgan fingerprint density at radius 1 is 1.20 bits per heavy atom. The summed E-state index contributed by atoms with van der Waals surface area (Å²) in [6.45, 7) is 4.41. The van der Waals surface area contributed by atoms with Crippen LogP contribution in [0.5, 0.6) is 0 Å². The Balaban J connectivity index is 1.51. The number of H-pyrrole nitrogens is 1. The molecule has 6 nitrogen and oxygen atoms in total. The van der Waals surface area contributed by atoms with Gasteiger partial charge in [-0.05, 0) is 38.0 Å². The summed E-state index contributed by atoms with van der Waals surface area (Å²) in [5, 5.41) is 7.07. The molecule has 25 heavy (non-hydrogen) atoms. The molecule has 2 amide bonds. The minimum Gasteiger partial charge on any atom is -0.340 e. The number of aryl methyl sites for hydroxylation is 1. The van der Waals surface area contributed by atoms with Crippen LogP contribution < -0.4 is 0 Å². The quantitative estimate of drug-likeness (QED) is 0.910. The van der Waals surface area contributed by atoms with Gasteiger partial charge in [0.25, 0.3) is 5.91 Å². The second-order valence-electron chi connectivity index (χ2n) is 7.94. The number of nitrogens with one attached hydrogen (secondary N) is 1. The van der Waals surface area contributed by atoms with Crippen LogP contribution in [0.4, 0.5) is 0 Å². The van der Waals surface area contributed by atoms with Crippen molar-refractivity contribution in [3.05, 3.63) is 17.5 Å². The smallest absolute Gasteiger partial charge is 0.257 e. The van der Waals surface area contributed by atoms with Gasteiger partial charge in [-0.25, -0.2) is 0 Å². The molecule has 136 valence electrons. The highest BCUT2D eigenvalue weighted by Gasteiger charge is 2.41. The van der Waals surface area contributed by atoms with E-state index in [1.54, 1.807) is 6.20 Å². The maximum absolute atomic E-state index is 13.1. The van der Waals surface area contributed by atoms with Gasteiger partial charge < -0.3 is 9.80 Å². The fraction of sp³-hybridized carbons (Fsp3) is 0.737. The zero-order chi connectivity index (χ0) is 17.4. The van der Waals surface area contributed by atoms with Crippen molar-refractivity contribution in [3.63, 3.8) is 0 Å². The van der Waals surface area contributed by atoms with E-state index >= 15 is 0 Å². The molecule has 0 unspecified atom stereocenters. The van der Waals surface area contributed by atoms with Gasteiger partial charge in [0.1, 0.15) is 0 Å². The van der Waals surface area contributed by atoms with E-state index in [9.17, 15) is 9.59 Å². The summed E-state index contributed by atoms with van der Waals surface area (Å²) in [7, 11) is 0. The van der Waals surface area contributed by atoms with E-state index in [1.165, 1.54) is 6.42 Å². The summed E-state index contributed by atoms with van der Waals surface area (Å²) in [5.74, 6) is 1.07. The van der Waals surface area contributed by atoms with Gasteiger partial charge >= 0.3 is 0 Å². The molecule has 2 bridgehead atoms. The van der Waals surface area contributed by atoms with E-state index in [2.05, 4.69) is 22.0 Å². The molecule has 1 aromatic rings. The third-order valence-electron chi connectivity index (χ3n) is 6.19. The van der Waals surface area contributed by atoms with Crippen LogP contribution in [0.15, 0.2) is 6.20 Å². The van der Waals surface area contributed by atoms with Crippen molar-refractivity contribution in [1.82, 2.24) is 20.0 Å². The SMILES string of the molecule is CCCc1[nH]ncc1C(=O)N1C[C@H]2CC[C@@H]1CN(C(=O)C1CCC1)C2. The van der Waals surface area contributed by atoms with Gasteiger partial charge in [-0.1, -0.05) is 19.8 Å². The van der Waals surface area contributed by atoms with Crippen LogP contribution in [-0.2, 0) is 11.2 Å². The first-order valence-corrected chi connectivity index (χ1v) is 9.79. The second-order valence-corrected chi connectivity index (χ2v) is 7.94. The zero-order valence-electron chi connectivity index (χ0n) is 15.0. The summed E-state index contributed by atoms with van der Waals surface area (Å²) < 4.78 is 0. The summed E-state index contributed by atoms with van der Waals surface area (Å²) in [6.07, 6.45) is 8.90. The number of hydrogen-bond acceptors (Lipinski definition) is 3. The van der Waals surface area contributed by atoms with Crippen LogP contribution in [0.2, 0.25) is 0 Å². The van der Waals surface area contributed by atoms with Crippen molar-refractivity contribution >= 4 is 11.8 Å². The summed E-state index contributed by atoms with van der Waals surface area (Å²) >= 11 is 0. The van der Waals surface area contributed by atoms with E-state index in [-0.39, 0.29) is 17.9 Å². The molecule has 4 fully saturated rings. The highest BCUT2D eigenvalue weighted by atomic mass is 16.2. The Morgan fingerprint density at radius 2 is 2.04 bits per heavy atom. The predicted octanol–water partition coefficient (Wildman–Crippen LogP) is 2.23. The molecule has 3 saturated heterocycles. The first-order valence-electron chi connectivity index (χ1n) is 9.79. The molecular weight excluding hydrogens is 316 g/mol. The van der Waals surface area contributed by atoms with Crippen LogP contribution in [-0.4, -0.2) is 57.5 Å². The third kappa shape index (κ3) is 3.07. The minimum absolute atomic E-state index is 0.0878. The number of rotatable bonds is 4. The summed E-state index contributed by atoms with van der Waals surface area (Å²) in [5.41, 5.74) is 1.65. The van der Waals surface area contributed by atoms with E-state index in [1.807, 2.05) is 4.90 Å². The lowest BCUT2D eigenvalue weighted by Crippen LogP contribution is -2.48. The molecule has 6 heteroatoms. The van der Waals surface area contributed by atoms with Gasteiger partial charge in [0.05, 0.1) is 11.8 Å². The molecule has 5 rings (SSSR count). The Labute approximate surface area is 148 Å². The lowest BCUT2D eigenvalue weighted by molar-refractivity contribution is -0.138. The van der Waals surface area contributed by atoms with Crippen molar-refractivity contribution < 1.29 is 9.59 Å². The van der Waals surface area contributed by atoms with E-state index in [0.717, 1.165) is 57.3 Å². The minimum atomic E-state index is 0.0878. The van der Waals surface area contributed by atoms with Crippen molar-refractivity contribution in [2.24, 2.45) is 11.8 Å². The van der Waals surface area contributed by atoms with Gasteiger partial charge in [0.2, 0.25) is 5.91 Å². The van der Waals surface area contributed by atoms with Gasteiger partial charge in [-0.3, -0.25) is 14.7 Å². The van der Waals surface area contributed by atoms with Crippen LogP contribution in [0, 0.1) is 11.8 Å². The number of hydrogen-bond donors (Lipinski definition) is 1. The van der Waals surface area contributed by atoms with Gasteiger partial charge in [-0.15, -0.1) is 0 Å².